The average Bonchev–Trinajstić information content (AvgIpc) is 3.38. The molecule has 0 unspecified atom stereocenters. The van der Waals surface area contributed by atoms with Gasteiger partial charge in [-0.15, -0.1) is 0 Å². The zero-order chi connectivity index (χ0) is 52.0. The van der Waals surface area contributed by atoms with Crippen LogP contribution in [-0.2, 0) is 19.0 Å². The molecule has 432 valence electrons. The van der Waals surface area contributed by atoms with Crippen molar-refractivity contribution in [2.75, 3.05) is 26.4 Å². The Morgan fingerprint density at radius 2 is 0.417 bits per heavy atom. The third kappa shape index (κ3) is 60.3. The number of esters is 1. The lowest BCUT2D eigenvalue weighted by Crippen LogP contribution is -2.41. The molecular formula is C68H136O4. The quantitative estimate of drug-likeness (QED) is 0.0450. The van der Waals surface area contributed by atoms with Gasteiger partial charge in [0.25, 0.3) is 0 Å². The molecule has 0 N–H and O–H groups in total. The maximum atomic E-state index is 13.1. The number of rotatable bonds is 65. The number of carbonyl (C=O) groups excluding carboxylic acids is 1. The second-order valence-electron chi connectivity index (χ2n) is 23.9. The molecule has 0 atom stereocenters. The van der Waals surface area contributed by atoms with Crippen LogP contribution in [0, 0.1) is 0 Å². The van der Waals surface area contributed by atoms with E-state index in [9.17, 15) is 4.79 Å². The number of carbonyl (C=O) groups is 1. The van der Waals surface area contributed by atoms with E-state index in [0.29, 0.717) is 19.6 Å². The van der Waals surface area contributed by atoms with Gasteiger partial charge in [0.05, 0.1) is 13.2 Å². The Hall–Kier alpha value is -0.610. The molecule has 0 aliphatic heterocycles. The molecule has 0 radical (unpaired) electrons. The highest BCUT2D eigenvalue weighted by molar-refractivity contribution is 5.69. The van der Waals surface area contributed by atoms with E-state index in [1.54, 1.807) is 0 Å². The largest absolute Gasteiger partial charge is 0.454 e. The highest BCUT2D eigenvalue weighted by Crippen LogP contribution is 2.20. The Labute approximate surface area is 455 Å². The molecule has 0 aliphatic rings. The fraction of sp³-hybridized carbons (Fsp3) is 0.985. The summed E-state index contributed by atoms with van der Waals surface area (Å²) in [5.74, 6) is -0.0799. The first kappa shape index (κ1) is 71.4. The number of ether oxygens (including phenoxy) is 3. The Balaban J connectivity index is 4.19. The van der Waals surface area contributed by atoms with E-state index in [-0.39, 0.29) is 5.97 Å². The van der Waals surface area contributed by atoms with E-state index in [4.69, 9.17) is 14.2 Å². The highest BCUT2D eigenvalue weighted by Gasteiger charge is 2.30. The molecule has 0 amide bonds. The van der Waals surface area contributed by atoms with Gasteiger partial charge in [-0.25, -0.2) is 0 Å². The first-order valence-corrected chi connectivity index (χ1v) is 33.9. The highest BCUT2D eigenvalue weighted by atomic mass is 16.6. The van der Waals surface area contributed by atoms with Crippen molar-refractivity contribution in [2.24, 2.45) is 0 Å². The number of unbranched alkanes of at least 4 members (excludes halogenated alkanes) is 54. The van der Waals surface area contributed by atoms with E-state index < -0.39 is 5.60 Å². The minimum atomic E-state index is -0.716. The van der Waals surface area contributed by atoms with Gasteiger partial charge in [0.15, 0.2) is 5.60 Å². The second-order valence-corrected chi connectivity index (χ2v) is 23.9. The van der Waals surface area contributed by atoms with Crippen LogP contribution in [-0.4, -0.2) is 38.0 Å². The van der Waals surface area contributed by atoms with Crippen molar-refractivity contribution >= 4 is 5.97 Å². The SMILES string of the molecule is CCCCCCCCCCCCCCCCCCCCCOCC(C)(COCCCCCCCCCCCCCCCCCCCCC)OC(=O)CCCCCCCCCCCCCCCCCCCCC. The summed E-state index contributed by atoms with van der Waals surface area (Å²) in [4.78, 5) is 13.1. The van der Waals surface area contributed by atoms with Crippen molar-refractivity contribution in [1.29, 1.82) is 0 Å². The first-order valence-electron chi connectivity index (χ1n) is 33.9. The molecule has 0 spiro atoms. The standard InChI is InChI=1S/C68H136O4/c1-5-8-11-14-17-20-23-26-29-32-35-38-41-44-47-50-53-56-59-62-67(69)72-68(4,65-70-63-60-57-54-51-48-45-42-39-36-33-30-27-24-21-18-15-12-9-6-2)66-71-64-61-58-55-52-49-46-43-40-37-34-31-28-25-22-19-16-13-10-7-3/h5-66H2,1-4H3. The van der Waals surface area contributed by atoms with Gasteiger partial charge in [0.2, 0.25) is 0 Å². The van der Waals surface area contributed by atoms with Crippen LogP contribution in [0.25, 0.3) is 0 Å². The van der Waals surface area contributed by atoms with E-state index in [1.807, 2.05) is 6.92 Å². The molecule has 0 heterocycles. The van der Waals surface area contributed by atoms with Crippen LogP contribution in [0.4, 0.5) is 0 Å². The lowest BCUT2D eigenvalue weighted by atomic mass is 10.0. The van der Waals surface area contributed by atoms with E-state index >= 15 is 0 Å². The van der Waals surface area contributed by atoms with Crippen LogP contribution in [0.5, 0.6) is 0 Å². The van der Waals surface area contributed by atoms with Crippen molar-refractivity contribution in [3.8, 4) is 0 Å². The normalized spacial score (nSPS) is 11.9. The molecular weight excluding hydrogens is 881 g/mol. The van der Waals surface area contributed by atoms with Gasteiger partial charge in [-0.05, 0) is 26.2 Å². The molecule has 0 bridgehead atoms. The van der Waals surface area contributed by atoms with Crippen molar-refractivity contribution in [2.45, 2.75) is 406 Å². The lowest BCUT2D eigenvalue weighted by Gasteiger charge is -2.29. The van der Waals surface area contributed by atoms with Crippen molar-refractivity contribution < 1.29 is 19.0 Å². The Morgan fingerprint density at radius 1 is 0.250 bits per heavy atom. The monoisotopic (exact) mass is 1020 g/mol. The van der Waals surface area contributed by atoms with Gasteiger partial charge < -0.3 is 14.2 Å². The minimum Gasteiger partial charge on any atom is -0.454 e. The molecule has 0 fully saturated rings. The maximum Gasteiger partial charge on any atom is 0.306 e. The van der Waals surface area contributed by atoms with Crippen LogP contribution in [0.3, 0.4) is 0 Å². The van der Waals surface area contributed by atoms with E-state index in [2.05, 4.69) is 20.8 Å². The van der Waals surface area contributed by atoms with Crippen LogP contribution in [0.1, 0.15) is 400 Å². The van der Waals surface area contributed by atoms with Gasteiger partial charge in [-0.2, -0.15) is 0 Å². The summed E-state index contributed by atoms with van der Waals surface area (Å²) in [7, 11) is 0. The van der Waals surface area contributed by atoms with Gasteiger partial charge in [-0.3, -0.25) is 4.79 Å². The van der Waals surface area contributed by atoms with Gasteiger partial charge >= 0.3 is 5.97 Å². The topological polar surface area (TPSA) is 44.8 Å². The van der Waals surface area contributed by atoms with E-state index in [1.165, 1.54) is 340 Å². The summed E-state index contributed by atoms with van der Waals surface area (Å²) in [6.45, 7) is 11.3. The zero-order valence-corrected chi connectivity index (χ0v) is 50.5. The zero-order valence-electron chi connectivity index (χ0n) is 50.5. The molecule has 0 saturated heterocycles. The van der Waals surface area contributed by atoms with Crippen LogP contribution in [0.15, 0.2) is 0 Å². The van der Waals surface area contributed by atoms with Crippen LogP contribution in [0.2, 0.25) is 0 Å². The summed E-state index contributed by atoms with van der Waals surface area (Å²) in [6.07, 6.45) is 79.2. The first-order chi connectivity index (χ1) is 35.6. The predicted octanol–water partition coefficient (Wildman–Crippen LogP) is 24.0. The fourth-order valence-electron chi connectivity index (χ4n) is 10.9. The summed E-state index contributed by atoms with van der Waals surface area (Å²) in [5, 5.41) is 0. The summed E-state index contributed by atoms with van der Waals surface area (Å²) in [5.41, 5.74) is -0.716. The van der Waals surface area contributed by atoms with Crippen LogP contribution < -0.4 is 0 Å². The molecule has 0 aliphatic carbocycles. The van der Waals surface area contributed by atoms with Crippen molar-refractivity contribution in [1.82, 2.24) is 0 Å². The molecule has 0 saturated carbocycles. The van der Waals surface area contributed by atoms with Gasteiger partial charge in [0, 0.05) is 19.6 Å². The molecule has 72 heavy (non-hydrogen) atoms. The second kappa shape index (κ2) is 62.9. The average molecular weight is 1020 g/mol. The summed E-state index contributed by atoms with van der Waals surface area (Å²) >= 11 is 0. The molecule has 4 nitrogen and oxygen atoms in total. The Bertz CT molecular complexity index is 935. The Morgan fingerprint density at radius 3 is 0.611 bits per heavy atom. The maximum absolute atomic E-state index is 13.1. The van der Waals surface area contributed by atoms with Gasteiger partial charge in [-0.1, -0.05) is 367 Å². The van der Waals surface area contributed by atoms with E-state index in [0.717, 1.165) is 38.9 Å². The molecule has 0 aromatic carbocycles. The predicted molar refractivity (Wildman–Crippen MR) is 321 cm³/mol. The molecule has 4 heteroatoms. The third-order valence-corrected chi connectivity index (χ3v) is 15.9. The number of hydrogen-bond donors (Lipinski definition) is 0. The molecule has 0 aromatic heterocycles. The lowest BCUT2D eigenvalue weighted by molar-refractivity contribution is -0.173. The smallest absolute Gasteiger partial charge is 0.306 e. The van der Waals surface area contributed by atoms with Crippen molar-refractivity contribution in [3.05, 3.63) is 0 Å². The van der Waals surface area contributed by atoms with Crippen molar-refractivity contribution in [3.63, 3.8) is 0 Å². The van der Waals surface area contributed by atoms with Gasteiger partial charge in [0.1, 0.15) is 0 Å². The Kier molecular flexibility index (Phi) is 62.4. The molecule has 0 rings (SSSR count). The minimum absolute atomic E-state index is 0.0799. The summed E-state index contributed by atoms with van der Waals surface area (Å²) < 4.78 is 18.6. The number of hydrogen-bond acceptors (Lipinski definition) is 4. The third-order valence-electron chi connectivity index (χ3n) is 15.9. The molecule has 0 aromatic rings. The summed E-state index contributed by atoms with van der Waals surface area (Å²) in [6, 6.07) is 0. The fourth-order valence-corrected chi connectivity index (χ4v) is 10.9. The van der Waals surface area contributed by atoms with Crippen LogP contribution >= 0.6 is 0 Å².